The van der Waals surface area contributed by atoms with E-state index in [0.717, 1.165) is 5.56 Å². The average Bonchev–Trinajstić information content (AvgIpc) is 2.28. The molecule has 0 amide bonds. The van der Waals surface area contributed by atoms with Gasteiger partial charge in [0.05, 0.1) is 0 Å². The Labute approximate surface area is 99.0 Å². The van der Waals surface area contributed by atoms with Gasteiger partial charge in [0.2, 0.25) is 0 Å². The largest absolute Gasteiger partial charge is 0.460 e. The quantitative estimate of drug-likeness (QED) is 0.760. The number of benzene rings is 1. The highest BCUT2D eigenvalue weighted by atomic mass is 35.5. The minimum atomic E-state index is -0.785. The molecule has 0 aliphatic carbocycles. The molecule has 0 saturated heterocycles. The first-order valence-corrected chi connectivity index (χ1v) is 5.29. The highest BCUT2D eigenvalue weighted by Crippen LogP contribution is 2.15. The Balaban J connectivity index is 2.46. The monoisotopic (exact) mass is 243 g/mol. The van der Waals surface area contributed by atoms with Crippen molar-refractivity contribution in [1.29, 1.82) is 0 Å². The van der Waals surface area contributed by atoms with Gasteiger partial charge < -0.3 is 15.6 Å². The zero-order valence-corrected chi connectivity index (χ0v) is 9.48. The van der Waals surface area contributed by atoms with Crippen LogP contribution in [0, 0.1) is 0 Å². The molecule has 0 saturated carbocycles. The van der Waals surface area contributed by atoms with Crippen LogP contribution in [0.4, 0.5) is 0 Å². The van der Waals surface area contributed by atoms with Gasteiger partial charge in [-0.2, -0.15) is 0 Å². The Morgan fingerprint density at radius 2 is 2.19 bits per heavy atom. The second-order valence-corrected chi connectivity index (χ2v) is 3.73. The van der Waals surface area contributed by atoms with Crippen LogP contribution in [0.3, 0.4) is 0 Å². The third kappa shape index (κ3) is 3.81. The first-order valence-electron chi connectivity index (χ1n) is 4.91. The lowest BCUT2D eigenvalue weighted by Gasteiger charge is -2.10. The number of nitrogens with two attached hydrogens (primary N) is 1. The summed E-state index contributed by atoms with van der Waals surface area (Å²) in [6.45, 7) is -0.0417. The van der Waals surface area contributed by atoms with Gasteiger partial charge in [-0.15, -0.1) is 0 Å². The highest BCUT2D eigenvalue weighted by Gasteiger charge is 2.14. The molecular weight excluding hydrogens is 230 g/mol. The van der Waals surface area contributed by atoms with Crippen molar-refractivity contribution < 1.29 is 14.6 Å². The Bertz CT molecular complexity index is 357. The lowest BCUT2D eigenvalue weighted by atomic mass is 10.2. The van der Waals surface area contributed by atoms with Crippen molar-refractivity contribution >= 4 is 17.6 Å². The Kier molecular flexibility index (Phi) is 5.25. The summed E-state index contributed by atoms with van der Waals surface area (Å²) >= 11 is 5.89. The van der Waals surface area contributed by atoms with Gasteiger partial charge in [-0.05, 0) is 12.5 Å². The number of esters is 1. The van der Waals surface area contributed by atoms with E-state index < -0.39 is 12.0 Å². The lowest BCUT2D eigenvalue weighted by molar-refractivity contribution is -0.146. The molecule has 1 rings (SSSR count). The van der Waals surface area contributed by atoms with Gasteiger partial charge in [0.15, 0.2) is 0 Å². The molecule has 0 bridgehead atoms. The van der Waals surface area contributed by atoms with Crippen molar-refractivity contribution in [2.75, 3.05) is 6.61 Å². The van der Waals surface area contributed by atoms with Crippen LogP contribution in [-0.4, -0.2) is 23.7 Å². The van der Waals surface area contributed by atoms with Crippen LogP contribution >= 0.6 is 11.6 Å². The SMILES string of the molecule is NC(CCO)C(=O)OCc1ccccc1Cl. The van der Waals surface area contributed by atoms with E-state index in [1.54, 1.807) is 18.2 Å². The first kappa shape index (κ1) is 13.0. The molecule has 5 heteroatoms. The van der Waals surface area contributed by atoms with Crippen LogP contribution in [0.1, 0.15) is 12.0 Å². The number of halogens is 1. The maximum Gasteiger partial charge on any atom is 0.323 e. The number of hydrogen-bond donors (Lipinski definition) is 2. The van der Waals surface area contributed by atoms with E-state index >= 15 is 0 Å². The molecule has 16 heavy (non-hydrogen) atoms. The van der Waals surface area contributed by atoms with Crippen LogP contribution in [-0.2, 0) is 16.1 Å². The summed E-state index contributed by atoms with van der Waals surface area (Å²) < 4.78 is 4.96. The summed E-state index contributed by atoms with van der Waals surface area (Å²) in [5, 5.41) is 9.15. The summed E-state index contributed by atoms with van der Waals surface area (Å²) in [6, 6.07) is 6.31. The number of carbonyl (C=O) groups excluding carboxylic acids is 1. The summed E-state index contributed by atoms with van der Waals surface area (Å²) in [4.78, 5) is 11.3. The van der Waals surface area contributed by atoms with E-state index in [9.17, 15) is 4.79 Å². The predicted molar refractivity (Wildman–Crippen MR) is 60.9 cm³/mol. The van der Waals surface area contributed by atoms with E-state index in [1.165, 1.54) is 0 Å². The van der Waals surface area contributed by atoms with E-state index in [0.29, 0.717) is 5.02 Å². The molecule has 1 aromatic rings. The van der Waals surface area contributed by atoms with Crippen molar-refractivity contribution in [1.82, 2.24) is 0 Å². The number of carbonyl (C=O) groups is 1. The molecule has 0 heterocycles. The van der Waals surface area contributed by atoms with Gasteiger partial charge in [-0.3, -0.25) is 4.79 Å². The number of aliphatic hydroxyl groups is 1. The standard InChI is InChI=1S/C11H14ClNO3/c12-9-4-2-1-3-8(9)7-16-11(15)10(13)5-6-14/h1-4,10,14H,5-7,13H2. The number of aliphatic hydroxyl groups excluding tert-OH is 1. The van der Waals surface area contributed by atoms with Gasteiger partial charge in [-0.1, -0.05) is 29.8 Å². The third-order valence-electron chi connectivity index (χ3n) is 2.07. The minimum absolute atomic E-state index is 0.0949. The molecule has 3 N–H and O–H groups in total. The molecule has 4 nitrogen and oxygen atoms in total. The second kappa shape index (κ2) is 6.48. The molecule has 0 fully saturated rings. The first-order chi connectivity index (χ1) is 7.65. The van der Waals surface area contributed by atoms with Gasteiger partial charge in [0, 0.05) is 17.2 Å². The van der Waals surface area contributed by atoms with E-state index in [2.05, 4.69) is 0 Å². The van der Waals surface area contributed by atoms with Crippen LogP contribution in [0.25, 0.3) is 0 Å². The van der Waals surface area contributed by atoms with E-state index in [4.69, 9.17) is 27.2 Å². The van der Waals surface area contributed by atoms with Crippen molar-refractivity contribution in [2.45, 2.75) is 19.1 Å². The molecule has 1 aromatic carbocycles. The minimum Gasteiger partial charge on any atom is -0.460 e. The molecule has 0 aromatic heterocycles. The van der Waals surface area contributed by atoms with Crippen LogP contribution < -0.4 is 5.73 Å². The fraction of sp³-hybridized carbons (Fsp3) is 0.364. The van der Waals surface area contributed by atoms with Crippen LogP contribution in [0.5, 0.6) is 0 Å². The Morgan fingerprint density at radius 3 is 2.81 bits per heavy atom. The van der Waals surface area contributed by atoms with Gasteiger partial charge in [0.1, 0.15) is 12.6 Å². The maximum absolute atomic E-state index is 11.3. The highest BCUT2D eigenvalue weighted by molar-refractivity contribution is 6.31. The maximum atomic E-state index is 11.3. The molecule has 0 spiro atoms. The van der Waals surface area contributed by atoms with Crippen LogP contribution in [0.15, 0.2) is 24.3 Å². The van der Waals surface area contributed by atoms with Crippen LogP contribution in [0.2, 0.25) is 5.02 Å². The molecule has 1 unspecified atom stereocenters. The smallest absolute Gasteiger partial charge is 0.323 e. The lowest BCUT2D eigenvalue weighted by Crippen LogP contribution is -2.33. The number of ether oxygens (including phenoxy) is 1. The molecule has 0 aliphatic heterocycles. The molecule has 0 aliphatic rings. The Morgan fingerprint density at radius 1 is 1.50 bits per heavy atom. The van der Waals surface area contributed by atoms with E-state index in [1.807, 2.05) is 6.07 Å². The fourth-order valence-electron chi connectivity index (χ4n) is 1.13. The van der Waals surface area contributed by atoms with Crippen molar-refractivity contribution in [3.63, 3.8) is 0 Å². The van der Waals surface area contributed by atoms with Gasteiger partial charge >= 0.3 is 5.97 Å². The topological polar surface area (TPSA) is 72.5 Å². The Hall–Kier alpha value is -1.10. The summed E-state index contributed by atoms with van der Waals surface area (Å²) in [6.07, 6.45) is 0.196. The summed E-state index contributed by atoms with van der Waals surface area (Å²) in [5.74, 6) is -0.533. The van der Waals surface area contributed by atoms with Gasteiger partial charge in [-0.25, -0.2) is 0 Å². The number of rotatable bonds is 5. The molecule has 0 radical (unpaired) electrons. The molecule has 1 atom stereocenters. The summed E-state index contributed by atoms with van der Waals surface area (Å²) in [5.41, 5.74) is 6.19. The van der Waals surface area contributed by atoms with E-state index in [-0.39, 0.29) is 19.6 Å². The molecular formula is C11H14ClNO3. The van der Waals surface area contributed by atoms with Gasteiger partial charge in [0.25, 0.3) is 0 Å². The third-order valence-corrected chi connectivity index (χ3v) is 2.44. The normalized spacial score (nSPS) is 12.2. The zero-order valence-electron chi connectivity index (χ0n) is 8.73. The van der Waals surface area contributed by atoms with Crippen molar-refractivity contribution in [2.24, 2.45) is 5.73 Å². The van der Waals surface area contributed by atoms with Crippen molar-refractivity contribution in [3.05, 3.63) is 34.9 Å². The fourth-order valence-corrected chi connectivity index (χ4v) is 1.32. The predicted octanol–water partition coefficient (Wildman–Crippen LogP) is 1.09. The van der Waals surface area contributed by atoms with Crippen molar-refractivity contribution in [3.8, 4) is 0 Å². The molecule has 88 valence electrons. The second-order valence-electron chi connectivity index (χ2n) is 3.32. The average molecular weight is 244 g/mol. The zero-order chi connectivity index (χ0) is 12.0. The summed E-state index contributed by atoms with van der Waals surface area (Å²) in [7, 11) is 0. The number of hydrogen-bond acceptors (Lipinski definition) is 4.